The minimum absolute atomic E-state index is 0.0382. The van der Waals surface area contributed by atoms with Crippen molar-refractivity contribution in [3.8, 4) is 0 Å². The Labute approximate surface area is 123 Å². The molecule has 0 radical (unpaired) electrons. The number of nitrogens with zero attached hydrogens (tertiary/aromatic N) is 1. The maximum absolute atomic E-state index is 12.2. The number of rotatable bonds is 5. The highest BCUT2D eigenvalue weighted by molar-refractivity contribution is 5.81. The molecule has 2 aliphatic heterocycles. The van der Waals surface area contributed by atoms with Gasteiger partial charge in [-0.05, 0) is 58.0 Å². The summed E-state index contributed by atoms with van der Waals surface area (Å²) in [5.74, 6) is 1.56. The highest BCUT2D eigenvalue weighted by Crippen LogP contribution is 2.20. The van der Waals surface area contributed by atoms with Gasteiger partial charge in [0.2, 0.25) is 5.91 Å². The molecular formula is C16H31N3O. The van der Waals surface area contributed by atoms with Crippen LogP contribution in [0.4, 0.5) is 0 Å². The summed E-state index contributed by atoms with van der Waals surface area (Å²) in [6.45, 7) is 10.9. The molecule has 0 aromatic heterocycles. The van der Waals surface area contributed by atoms with E-state index in [1.165, 1.54) is 25.8 Å². The molecule has 3 unspecified atom stereocenters. The van der Waals surface area contributed by atoms with Gasteiger partial charge in [-0.3, -0.25) is 4.79 Å². The Balaban J connectivity index is 1.70. The Morgan fingerprint density at radius 2 is 2.15 bits per heavy atom. The Morgan fingerprint density at radius 1 is 1.35 bits per heavy atom. The molecule has 4 nitrogen and oxygen atoms in total. The first-order valence-corrected chi connectivity index (χ1v) is 8.35. The van der Waals surface area contributed by atoms with Crippen LogP contribution in [0.3, 0.4) is 0 Å². The number of likely N-dealkylation sites (tertiary alicyclic amines) is 1. The molecule has 2 aliphatic rings. The summed E-state index contributed by atoms with van der Waals surface area (Å²) in [7, 11) is 0. The van der Waals surface area contributed by atoms with E-state index in [1.54, 1.807) is 0 Å². The van der Waals surface area contributed by atoms with E-state index in [-0.39, 0.29) is 11.9 Å². The van der Waals surface area contributed by atoms with E-state index in [0.717, 1.165) is 32.0 Å². The molecule has 0 bridgehead atoms. The van der Waals surface area contributed by atoms with Crippen LogP contribution in [0.15, 0.2) is 0 Å². The van der Waals surface area contributed by atoms with E-state index >= 15 is 0 Å². The quantitative estimate of drug-likeness (QED) is 0.805. The molecule has 116 valence electrons. The molecule has 0 saturated carbocycles. The number of amides is 1. The molecule has 1 amide bonds. The number of nitrogens with one attached hydrogen (secondary N) is 2. The summed E-state index contributed by atoms with van der Waals surface area (Å²) in [6.07, 6.45) is 4.63. The van der Waals surface area contributed by atoms with E-state index in [1.807, 2.05) is 0 Å². The zero-order valence-electron chi connectivity index (χ0n) is 13.3. The van der Waals surface area contributed by atoms with Gasteiger partial charge in [0.1, 0.15) is 0 Å². The Kier molecular flexibility index (Phi) is 5.85. The zero-order chi connectivity index (χ0) is 14.5. The van der Waals surface area contributed by atoms with Crippen molar-refractivity contribution < 1.29 is 4.79 Å². The van der Waals surface area contributed by atoms with Crippen LogP contribution in [0.1, 0.15) is 46.5 Å². The van der Waals surface area contributed by atoms with E-state index < -0.39 is 0 Å². The maximum Gasteiger partial charge on any atom is 0.237 e. The van der Waals surface area contributed by atoms with Crippen LogP contribution in [-0.4, -0.2) is 49.1 Å². The summed E-state index contributed by atoms with van der Waals surface area (Å²) in [5, 5.41) is 6.53. The average molecular weight is 281 g/mol. The number of piperidine rings is 1. The third kappa shape index (κ3) is 4.19. The van der Waals surface area contributed by atoms with Crippen LogP contribution in [0.25, 0.3) is 0 Å². The fourth-order valence-corrected chi connectivity index (χ4v) is 3.43. The van der Waals surface area contributed by atoms with Gasteiger partial charge in [-0.25, -0.2) is 0 Å². The molecule has 2 saturated heterocycles. The summed E-state index contributed by atoms with van der Waals surface area (Å²) >= 11 is 0. The van der Waals surface area contributed by atoms with Crippen LogP contribution >= 0.6 is 0 Å². The molecule has 0 aromatic carbocycles. The smallest absolute Gasteiger partial charge is 0.237 e. The predicted molar refractivity (Wildman–Crippen MR) is 82.6 cm³/mol. The lowest BCUT2D eigenvalue weighted by atomic mass is 9.90. The third-order valence-electron chi connectivity index (χ3n) is 5.02. The lowest BCUT2D eigenvalue weighted by Crippen LogP contribution is -2.49. The van der Waals surface area contributed by atoms with E-state index in [4.69, 9.17) is 0 Å². The van der Waals surface area contributed by atoms with Crippen molar-refractivity contribution in [1.82, 2.24) is 15.5 Å². The highest BCUT2D eigenvalue weighted by Gasteiger charge is 2.28. The molecule has 20 heavy (non-hydrogen) atoms. The Hall–Kier alpha value is -0.610. The first-order chi connectivity index (χ1) is 9.60. The standard InChI is InChI=1S/C16H31N3O/c1-4-13-5-7-17-15(9-13)16(20)18-10-14-6-8-19(11-14)12(2)3/h12-15,17H,4-11H2,1-3H3,(H,18,20). The molecule has 0 aliphatic carbocycles. The lowest BCUT2D eigenvalue weighted by Gasteiger charge is -2.29. The average Bonchev–Trinajstić information content (AvgIpc) is 2.94. The Morgan fingerprint density at radius 3 is 2.80 bits per heavy atom. The molecule has 4 heteroatoms. The summed E-state index contributed by atoms with van der Waals surface area (Å²) in [4.78, 5) is 14.7. The van der Waals surface area contributed by atoms with Gasteiger partial charge in [0.15, 0.2) is 0 Å². The van der Waals surface area contributed by atoms with Gasteiger partial charge < -0.3 is 15.5 Å². The van der Waals surface area contributed by atoms with Crippen LogP contribution in [-0.2, 0) is 4.79 Å². The molecule has 2 N–H and O–H groups in total. The van der Waals surface area contributed by atoms with Crippen LogP contribution in [0, 0.1) is 11.8 Å². The van der Waals surface area contributed by atoms with Crippen LogP contribution < -0.4 is 10.6 Å². The fraction of sp³-hybridized carbons (Fsp3) is 0.938. The molecule has 2 fully saturated rings. The molecule has 2 rings (SSSR count). The summed E-state index contributed by atoms with van der Waals surface area (Å²) < 4.78 is 0. The molecule has 0 spiro atoms. The minimum atomic E-state index is 0.0382. The highest BCUT2D eigenvalue weighted by atomic mass is 16.2. The summed E-state index contributed by atoms with van der Waals surface area (Å²) in [5.41, 5.74) is 0. The second-order valence-electron chi connectivity index (χ2n) is 6.79. The van der Waals surface area contributed by atoms with Crippen molar-refractivity contribution in [3.05, 3.63) is 0 Å². The number of carbonyl (C=O) groups excluding carboxylic acids is 1. The van der Waals surface area contributed by atoms with Crippen molar-refractivity contribution in [1.29, 1.82) is 0 Å². The van der Waals surface area contributed by atoms with E-state index in [0.29, 0.717) is 12.0 Å². The monoisotopic (exact) mass is 281 g/mol. The van der Waals surface area contributed by atoms with Gasteiger partial charge in [-0.15, -0.1) is 0 Å². The van der Waals surface area contributed by atoms with Gasteiger partial charge in [0, 0.05) is 19.1 Å². The van der Waals surface area contributed by atoms with Crippen LogP contribution in [0.2, 0.25) is 0 Å². The molecule has 2 heterocycles. The first-order valence-electron chi connectivity index (χ1n) is 8.35. The second kappa shape index (κ2) is 7.41. The van der Waals surface area contributed by atoms with Gasteiger partial charge in [-0.1, -0.05) is 13.3 Å². The van der Waals surface area contributed by atoms with Crippen molar-refractivity contribution in [2.24, 2.45) is 11.8 Å². The zero-order valence-corrected chi connectivity index (χ0v) is 13.3. The van der Waals surface area contributed by atoms with Crippen molar-refractivity contribution in [2.75, 3.05) is 26.2 Å². The molecule has 0 aromatic rings. The largest absolute Gasteiger partial charge is 0.354 e. The molecule has 3 atom stereocenters. The summed E-state index contributed by atoms with van der Waals surface area (Å²) in [6, 6.07) is 0.664. The third-order valence-corrected chi connectivity index (χ3v) is 5.02. The second-order valence-corrected chi connectivity index (χ2v) is 6.79. The SMILES string of the molecule is CCC1CCNC(C(=O)NCC2CCN(C(C)C)C2)C1. The number of carbonyl (C=O) groups is 1. The molecular weight excluding hydrogens is 250 g/mol. The van der Waals surface area contributed by atoms with Crippen molar-refractivity contribution in [3.63, 3.8) is 0 Å². The van der Waals surface area contributed by atoms with Crippen molar-refractivity contribution in [2.45, 2.75) is 58.5 Å². The lowest BCUT2D eigenvalue weighted by molar-refractivity contribution is -0.124. The predicted octanol–water partition coefficient (Wildman–Crippen LogP) is 1.61. The van der Waals surface area contributed by atoms with Gasteiger partial charge in [0.25, 0.3) is 0 Å². The number of hydrogen-bond acceptors (Lipinski definition) is 3. The van der Waals surface area contributed by atoms with Gasteiger partial charge in [-0.2, -0.15) is 0 Å². The van der Waals surface area contributed by atoms with Gasteiger partial charge >= 0.3 is 0 Å². The Bertz CT molecular complexity index is 319. The maximum atomic E-state index is 12.2. The topological polar surface area (TPSA) is 44.4 Å². The number of hydrogen-bond donors (Lipinski definition) is 2. The normalized spacial score (nSPS) is 31.7. The fourth-order valence-electron chi connectivity index (χ4n) is 3.43. The van der Waals surface area contributed by atoms with E-state index in [2.05, 4.69) is 36.3 Å². The van der Waals surface area contributed by atoms with Crippen molar-refractivity contribution >= 4 is 5.91 Å². The van der Waals surface area contributed by atoms with E-state index in [9.17, 15) is 4.79 Å². The van der Waals surface area contributed by atoms with Gasteiger partial charge in [0.05, 0.1) is 6.04 Å². The first kappa shape index (κ1) is 15.8. The van der Waals surface area contributed by atoms with Crippen LogP contribution in [0.5, 0.6) is 0 Å². The minimum Gasteiger partial charge on any atom is -0.354 e.